The molecule has 1 aliphatic carbocycles. The molecule has 1 aliphatic rings. The molecule has 3 atom stereocenters. The summed E-state index contributed by atoms with van der Waals surface area (Å²) in [6.45, 7) is 2.69. The van der Waals surface area contributed by atoms with E-state index >= 15 is 0 Å². The number of rotatable bonds is 15. The maximum absolute atomic E-state index is 12.3. The summed E-state index contributed by atoms with van der Waals surface area (Å²) in [5, 5.41) is 13.0. The Morgan fingerprint density at radius 3 is 2.87 bits per heavy atom. The third-order valence-electron chi connectivity index (χ3n) is 6.22. The Bertz CT molecular complexity index is 674. The Kier molecular flexibility index (Phi) is 12.1. The van der Waals surface area contributed by atoms with Crippen molar-refractivity contribution in [2.24, 2.45) is 11.8 Å². The lowest BCUT2D eigenvalue weighted by Crippen LogP contribution is -2.22. The summed E-state index contributed by atoms with van der Waals surface area (Å²) < 4.78 is 0. The van der Waals surface area contributed by atoms with Crippen LogP contribution in [0.2, 0.25) is 0 Å². The van der Waals surface area contributed by atoms with Crippen LogP contribution in [0, 0.1) is 11.8 Å². The van der Waals surface area contributed by atoms with Gasteiger partial charge in [-0.25, -0.2) is 0 Å². The lowest BCUT2D eigenvalue weighted by molar-refractivity contribution is -0.122. The van der Waals surface area contributed by atoms with E-state index in [1.54, 1.807) is 12.4 Å². The number of unbranched alkanes of at least 4 members (excludes halogenated alkanes) is 5. The van der Waals surface area contributed by atoms with E-state index in [0.29, 0.717) is 25.2 Å². The Morgan fingerprint density at radius 2 is 2.10 bits per heavy atom. The number of carbonyl (C=O) groups excluding carboxylic acids is 2. The Balaban J connectivity index is 1.57. The van der Waals surface area contributed by atoms with Gasteiger partial charge in [0.05, 0.1) is 6.10 Å². The van der Waals surface area contributed by atoms with Crippen molar-refractivity contribution in [1.29, 1.82) is 0 Å². The van der Waals surface area contributed by atoms with Gasteiger partial charge in [0.25, 0.3) is 0 Å². The average molecular weight is 429 g/mol. The minimum absolute atomic E-state index is 0.0810. The second-order valence-electron chi connectivity index (χ2n) is 8.81. The van der Waals surface area contributed by atoms with Gasteiger partial charge in [0, 0.05) is 37.7 Å². The van der Waals surface area contributed by atoms with E-state index in [1.165, 1.54) is 0 Å². The molecule has 0 bridgehead atoms. The van der Waals surface area contributed by atoms with Crippen LogP contribution in [0.4, 0.5) is 0 Å². The lowest BCUT2D eigenvalue weighted by Gasteiger charge is -2.15. The highest BCUT2D eigenvalue weighted by molar-refractivity contribution is 5.83. The van der Waals surface area contributed by atoms with Gasteiger partial charge in [-0.2, -0.15) is 0 Å². The number of Topliss-reactive ketones (excluding diaryl/α,β-unsaturated/α-hetero) is 1. The van der Waals surface area contributed by atoms with Crippen molar-refractivity contribution in [3.63, 3.8) is 0 Å². The second-order valence-corrected chi connectivity index (χ2v) is 8.81. The monoisotopic (exact) mass is 428 g/mol. The van der Waals surface area contributed by atoms with Gasteiger partial charge in [-0.1, -0.05) is 63.7 Å². The van der Waals surface area contributed by atoms with E-state index in [0.717, 1.165) is 69.8 Å². The molecule has 172 valence electrons. The summed E-state index contributed by atoms with van der Waals surface area (Å²) in [4.78, 5) is 28.3. The van der Waals surface area contributed by atoms with Gasteiger partial charge >= 0.3 is 0 Å². The third-order valence-corrected chi connectivity index (χ3v) is 6.22. The molecule has 0 radical (unpaired) electrons. The molecule has 1 aromatic heterocycles. The van der Waals surface area contributed by atoms with Crippen LogP contribution in [0.5, 0.6) is 0 Å². The van der Waals surface area contributed by atoms with Crippen molar-refractivity contribution in [2.75, 3.05) is 0 Å². The molecule has 1 saturated carbocycles. The van der Waals surface area contributed by atoms with Gasteiger partial charge in [-0.05, 0) is 43.2 Å². The molecule has 0 aliphatic heterocycles. The van der Waals surface area contributed by atoms with Crippen molar-refractivity contribution in [3.8, 4) is 0 Å². The molecule has 1 heterocycles. The van der Waals surface area contributed by atoms with Gasteiger partial charge < -0.3 is 10.4 Å². The minimum atomic E-state index is -0.382. The number of pyridine rings is 1. The van der Waals surface area contributed by atoms with E-state index in [2.05, 4.69) is 23.3 Å². The van der Waals surface area contributed by atoms with Crippen molar-refractivity contribution >= 4 is 11.7 Å². The first-order chi connectivity index (χ1) is 15.1. The standard InChI is InChI=1S/C26H40N2O3/c1-2-3-6-11-23(29)16-14-22-15-17-25(30)24(22)12-7-4-5-8-13-26(31)28-20-21-10-9-18-27-19-21/h9-10,14,16,18-19,22-24,29H,2-8,11-13,15,17,20H2,1H3,(H,28,31)/b16-14+/t22-,23+,24+/m1/s1. The molecule has 2 rings (SSSR count). The molecular formula is C26H40N2O3. The number of hydrogen-bond acceptors (Lipinski definition) is 4. The van der Waals surface area contributed by atoms with Gasteiger partial charge in [0.2, 0.25) is 5.91 Å². The highest BCUT2D eigenvalue weighted by atomic mass is 16.3. The molecule has 5 heteroatoms. The zero-order chi connectivity index (χ0) is 22.3. The molecular weight excluding hydrogens is 388 g/mol. The summed E-state index contributed by atoms with van der Waals surface area (Å²) in [6, 6.07) is 3.82. The maximum atomic E-state index is 12.3. The fourth-order valence-electron chi connectivity index (χ4n) is 4.31. The fraction of sp³-hybridized carbons (Fsp3) is 0.654. The summed E-state index contributed by atoms with van der Waals surface area (Å²) in [7, 11) is 0. The van der Waals surface area contributed by atoms with E-state index in [1.807, 2.05) is 18.2 Å². The van der Waals surface area contributed by atoms with E-state index in [4.69, 9.17) is 0 Å². The van der Waals surface area contributed by atoms with E-state index in [9.17, 15) is 14.7 Å². The summed E-state index contributed by atoms with van der Waals surface area (Å²) in [6.07, 6.45) is 18.3. The molecule has 1 amide bonds. The number of nitrogens with one attached hydrogen (secondary N) is 1. The first-order valence-corrected chi connectivity index (χ1v) is 12.1. The normalized spacial score (nSPS) is 19.7. The molecule has 0 spiro atoms. The van der Waals surface area contributed by atoms with Crippen molar-refractivity contribution in [1.82, 2.24) is 10.3 Å². The Morgan fingerprint density at radius 1 is 1.26 bits per heavy atom. The van der Waals surface area contributed by atoms with Crippen LogP contribution in [-0.2, 0) is 16.1 Å². The van der Waals surface area contributed by atoms with E-state index in [-0.39, 0.29) is 23.8 Å². The topological polar surface area (TPSA) is 79.3 Å². The van der Waals surface area contributed by atoms with Gasteiger partial charge in [0.15, 0.2) is 0 Å². The number of hydrogen-bond donors (Lipinski definition) is 2. The Labute approximate surface area is 187 Å². The maximum Gasteiger partial charge on any atom is 0.220 e. The molecule has 1 fully saturated rings. The zero-order valence-electron chi connectivity index (χ0n) is 19.1. The number of aliphatic hydroxyl groups excluding tert-OH is 1. The average Bonchev–Trinajstić information content (AvgIpc) is 3.13. The smallest absolute Gasteiger partial charge is 0.220 e. The number of ketones is 1. The molecule has 5 nitrogen and oxygen atoms in total. The SMILES string of the molecule is CCCCC[C@H](O)/C=C/[C@@H]1CCC(=O)[C@H]1CCCCCCC(=O)NCc1cccnc1. The predicted molar refractivity (Wildman–Crippen MR) is 124 cm³/mol. The van der Waals surface area contributed by atoms with Crippen LogP contribution in [0.1, 0.15) is 89.5 Å². The number of aromatic nitrogens is 1. The first kappa shape index (κ1) is 25.3. The first-order valence-electron chi connectivity index (χ1n) is 12.1. The molecule has 2 N–H and O–H groups in total. The lowest BCUT2D eigenvalue weighted by atomic mass is 9.89. The van der Waals surface area contributed by atoms with Crippen LogP contribution in [0.3, 0.4) is 0 Å². The van der Waals surface area contributed by atoms with Gasteiger partial charge in [-0.3, -0.25) is 14.6 Å². The quantitative estimate of drug-likeness (QED) is 0.300. The van der Waals surface area contributed by atoms with Crippen LogP contribution in [-0.4, -0.2) is 27.9 Å². The van der Waals surface area contributed by atoms with Crippen LogP contribution in [0.15, 0.2) is 36.7 Å². The summed E-state index contributed by atoms with van der Waals surface area (Å²) in [5.74, 6) is 0.857. The third kappa shape index (κ3) is 10.2. The Hall–Kier alpha value is -2.01. The van der Waals surface area contributed by atoms with Crippen molar-refractivity contribution < 1.29 is 14.7 Å². The zero-order valence-corrected chi connectivity index (χ0v) is 19.1. The number of amides is 1. The fourth-order valence-corrected chi connectivity index (χ4v) is 4.31. The number of aliphatic hydroxyl groups is 1. The number of nitrogens with zero attached hydrogens (tertiary/aromatic N) is 1. The molecule has 0 saturated heterocycles. The second kappa shape index (κ2) is 14.9. The minimum Gasteiger partial charge on any atom is -0.389 e. The van der Waals surface area contributed by atoms with Gasteiger partial charge in [-0.15, -0.1) is 0 Å². The van der Waals surface area contributed by atoms with Crippen LogP contribution in [0.25, 0.3) is 0 Å². The molecule has 1 aromatic rings. The highest BCUT2D eigenvalue weighted by Crippen LogP contribution is 2.34. The van der Waals surface area contributed by atoms with Crippen molar-refractivity contribution in [2.45, 2.75) is 96.6 Å². The number of allylic oxidation sites excluding steroid dienone is 1. The van der Waals surface area contributed by atoms with Crippen LogP contribution < -0.4 is 5.32 Å². The molecule has 0 unspecified atom stereocenters. The summed E-state index contributed by atoms with van der Waals surface area (Å²) >= 11 is 0. The largest absolute Gasteiger partial charge is 0.389 e. The van der Waals surface area contributed by atoms with E-state index < -0.39 is 0 Å². The van der Waals surface area contributed by atoms with Gasteiger partial charge in [0.1, 0.15) is 5.78 Å². The highest BCUT2D eigenvalue weighted by Gasteiger charge is 2.32. The summed E-state index contributed by atoms with van der Waals surface area (Å²) in [5.41, 5.74) is 1.01. The molecule has 0 aromatic carbocycles. The van der Waals surface area contributed by atoms with Crippen LogP contribution >= 0.6 is 0 Å². The predicted octanol–water partition coefficient (Wildman–Crippen LogP) is 5.13. The number of carbonyl (C=O) groups is 2. The molecule has 31 heavy (non-hydrogen) atoms. The van der Waals surface area contributed by atoms with Crippen molar-refractivity contribution in [3.05, 3.63) is 42.2 Å².